The molecule has 0 amide bonds. The molecular weight excluding hydrogens is 418 g/mol. The maximum Gasteiger partial charge on any atom is 0.169 e. The SMILES string of the molecule is CC1=C(C)N(c2c(-c3cccc(C(C)(C)C)c3)cccc2-c2cccc(C(C)(C)C)c2)[C]S1. The van der Waals surface area contributed by atoms with Gasteiger partial charge in [0.25, 0.3) is 0 Å². The Morgan fingerprint density at radius 3 is 1.52 bits per heavy atom. The van der Waals surface area contributed by atoms with Gasteiger partial charge in [0.2, 0.25) is 0 Å². The third-order valence-electron chi connectivity index (χ3n) is 6.47. The van der Waals surface area contributed by atoms with E-state index in [1.54, 1.807) is 11.8 Å². The average molecular weight is 454 g/mol. The van der Waals surface area contributed by atoms with Gasteiger partial charge >= 0.3 is 0 Å². The molecule has 2 radical (unpaired) electrons. The number of anilines is 1. The minimum Gasteiger partial charge on any atom is -0.322 e. The summed E-state index contributed by atoms with van der Waals surface area (Å²) in [5.41, 5.74) is 10.3. The van der Waals surface area contributed by atoms with Crippen LogP contribution in [-0.4, -0.2) is 0 Å². The predicted molar refractivity (Wildman–Crippen MR) is 146 cm³/mol. The van der Waals surface area contributed by atoms with Gasteiger partial charge in [0.1, 0.15) is 0 Å². The van der Waals surface area contributed by atoms with Crippen LogP contribution in [-0.2, 0) is 10.8 Å². The number of allylic oxidation sites excluding steroid dienone is 2. The zero-order valence-corrected chi connectivity index (χ0v) is 22.0. The minimum absolute atomic E-state index is 0.100. The molecule has 1 nitrogen and oxygen atoms in total. The zero-order chi connectivity index (χ0) is 24.0. The molecule has 0 unspecified atom stereocenters. The molecule has 0 N–H and O–H groups in total. The lowest BCUT2D eigenvalue weighted by molar-refractivity contribution is 0.590. The quantitative estimate of drug-likeness (QED) is 0.388. The Kier molecular flexibility index (Phi) is 6.26. The molecule has 1 heterocycles. The highest BCUT2D eigenvalue weighted by molar-refractivity contribution is 8.05. The van der Waals surface area contributed by atoms with Crippen LogP contribution in [0, 0.1) is 5.88 Å². The van der Waals surface area contributed by atoms with E-state index in [2.05, 4.69) is 133 Å². The van der Waals surface area contributed by atoms with Gasteiger partial charge in [-0.1, -0.05) is 120 Å². The van der Waals surface area contributed by atoms with Gasteiger partial charge in [-0.25, -0.2) is 0 Å². The van der Waals surface area contributed by atoms with E-state index >= 15 is 0 Å². The molecule has 1 aliphatic rings. The lowest BCUT2D eigenvalue weighted by atomic mass is 9.84. The van der Waals surface area contributed by atoms with E-state index < -0.39 is 0 Å². The number of hydrogen-bond donors (Lipinski definition) is 0. The third kappa shape index (κ3) is 4.77. The largest absolute Gasteiger partial charge is 0.322 e. The molecule has 4 rings (SSSR count). The molecule has 2 heteroatoms. The van der Waals surface area contributed by atoms with E-state index in [0.717, 1.165) is 0 Å². The first-order chi connectivity index (χ1) is 15.5. The van der Waals surface area contributed by atoms with Gasteiger partial charge in [0.15, 0.2) is 5.88 Å². The lowest BCUT2D eigenvalue weighted by Gasteiger charge is -2.27. The highest BCUT2D eigenvalue weighted by Crippen LogP contribution is 2.47. The fraction of sp³-hybridized carbons (Fsp3) is 0.323. The summed E-state index contributed by atoms with van der Waals surface area (Å²) in [6.07, 6.45) is 0. The van der Waals surface area contributed by atoms with Gasteiger partial charge in [-0.2, -0.15) is 0 Å². The van der Waals surface area contributed by atoms with Crippen molar-refractivity contribution in [1.82, 2.24) is 0 Å². The second kappa shape index (κ2) is 8.72. The van der Waals surface area contributed by atoms with Crippen LogP contribution in [0.1, 0.15) is 66.5 Å². The summed E-state index contributed by atoms with van der Waals surface area (Å²) in [4.78, 5) is 3.56. The number of thioether (sulfide) groups is 1. The molecule has 33 heavy (non-hydrogen) atoms. The lowest BCUT2D eigenvalue weighted by Crippen LogP contribution is -2.15. The van der Waals surface area contributed by atoms with Crippen LogP contribution in [0.5, 0.6) is 0 Å². The van der Waals surface area contributed by atoms with Crippen LogP contribution >= 0.6 is 11.8 Å². The highest BCUT2D eigenvalue weighted by atomic mass is 32.2. The van der Waals surface area contributed by atoms with Crippen molar-refractivity contribution < 1.29 is 0 Å². The van der Waals surface area contributed by atoms with Crippen LogP contribution in [0.25, 0.3) is 22.3 Å². The standard InChI is InChI=1S/C31H35NS/c1-21-22(2)33-20-32(21)29-27(23-12-9-14-25(18-23)30(3,4)5)16-11-17-28(29)24-13-10-15-26(19-24)31(6,7)8/h9-19H,1-8H3. The monoisotopic (exact) mass is 453 g/mol. The Morgan fingerprint density at radius 2 is 1.12 bits per heavy atom. The van der Waals surface area contributed by atoms with Crippen molar-refractivity contribution in [1.29, 1.82) is 0 Å². The van der Waals surface area contributed by atoms with E-state index in [0.29, 0.717) is 0 Å². The third-order valence-corrected chi connectivity index (χ3v) is 7.35. The molecule has 0 spiro atoms. The molecule has 0 saturated carbocycles. The zero-order valence-electron chi connectivity index (χ0n) is 21.2. The fourth-order valence-corrected chi connectivity index (χ4v) is 4.88. The van der Waals surface area contributed by atoms with Crippen LogP contribution in [0.3, 0.4) is 0 Å². The van der Waals surface area contributed by atoms with Crippen LogP contribution in [0.15, 0.2) is 77.3 Å². The number of nitrogens with zero attached hydrogens (tertiary/aromatic N) is 1. The van der Waals surface area contributed by atoms with Crippen LogP contribution in [0.4, 0.5) is 5.69 Å². The summed E-state index contributed by atoms with van der Waals surface area (Å²) < 4.78 is 0. The highest BCUT2D eigenvalue weighted by Gasteiger charge is 2.27. The summed E-state index contributed by atoms with van der Waals surface area (Å²) in [5.74, 6) is 3.56. The number of para-hydroxylation sites is 1. The van der Waals surface area contributed by atoms with E-state index in [4.69, 9.17) is 0 Å². The van der Waals surface area contributed by atoms with Gasteiger partial charge in [-0.15, -0.1) is 0 Å². The first-order valence-electron chi connectivity index (χ1n) is 11.7. The molecule has 0 fully saturated rings. The van der Waals surface area contributed by atoms with Crippen molar-refractivity contribution in [3.05, 3.63) is 94.3 Å². The topological polar surface area (TPSA) is 3.24 Å². The number of benzene rings is 3. The van der Waals surface area contributed by atoms with Crippen LogP contribution < -0.4 is 4.90 Å². The van der Waals surface area contributed by atoms with Crippen molar-refractivity contribution in [3.63, 3.8) is 0 Å². The maximum atomic E-state index is 3.56. The second-order valence-electron chi connectivity index (χ2n) is 11.0. The smallest absolute Gasteiger partial charge is 0.169 e. The molecule has 1 aliphatic heterocycles. The van der Waals surface area contributed by atoms with Crippen molar-refractivity contribution in [2.45, 2.75) is 66.2 Å². The van der Waals surface area contributed by atoms with Crippen LogP contribution in [0.2, 0.25) is 0 Å². The summed E-state index contributed by atoms with van der Waals surface area (Å²) in [6, 6.07) is 24.7. The Balaban J connectivity index is 1.97. The second-order valence-corrected chi connectivity index (χ2v) is 12.0. The van der Waals surface area contributed by atoms with Crippen molar-refractivity contribution in [2.24, 2.45) is 0 Å². The molecule has 0 saturated heterocycles. The molecule has 170 valence electrons. The molecule has 3 aromatic rings. The first-order valence-corrected chi connectivity index (χ1v) is 12.5. The molecule has 0 aliphatic carbocycles. The average Bonchev–Trinajstić information content (AvgIpc) is 3.10. The Morgan fingerprint density at radius 1 is 0.667 bits per heavy atom. The molecule has 3 aromatic carbocycles. The normalized spacial score (nSPS) is 14.8. The van der Waals surface area contributed by atoms with Gasteiger partial charge in [0.05, 0.1) is 5.69 Å². The van der Waals surface area contributed by atoms with E-state index in [9.17, 15) is 0 Å². The van der Waals surface area contributed by atoms with Gasteiger partial charge in [-0.3, -0.25) is 0 Å². The predicted octanol–water partition coefficient (Wildman–Crippen LogP) is 9.42. The first kappa shape index (κ1) is 23.7. The van der Waals surface area contributed by atoms with E-state index in [-0.39, 0.29) is 10.8 Å². The van der Waals surface area contributed by atoms with Crippen molar-refractivity contribution in [3.8, 4) is 22.3 Å². The maximum absolute atomic E-state index is 3.56. The molecular formula is C31H35NS. The summed E-state index contributed by atoms with van der Waals surface area (Å²) in [5, 5.41) is 0. The van der Waals surface area contributed by atoms with E-state index in [1.807, 2.05) is 0 Å². The van der Waals surface area contributed by atoms with E-state index in [1.165, 1.54) is 49.7 Å². The summed E-state index contributed by atoms with van der Waals surface area (Å²) in [7, 11) is 0. The van der Waals surface area contributed by atoms with Gasteiger partial charge in [0, 0.05) is 21.7 Å². The molecule has 0 atom stereocenters. The minimum atomic E-state index is 0.100. The Bertz CT molecular complexity index is 1130. The molecule has 0 aromatic heterocycles. The molecule has 0 bridgehead atoms. The number of rotatable bonds is 3. The Labute approximate surface area is 204 Å². The van der Waals surface area contributed by atoms with Crippen molar-refractivity contribution in [2.75, 3.05) is 4.90 Å². The van der Waals surface area contributed by atoms with Gasteiger partial charge < -0.3 is 4.90 Å². The van der Waals surface area contributed by atoms with Gasteiger partial charge in [-0.05, 0) is 46.9 Å². The summed E-state index contributed by atoms with van der Waals surface area (Å²) >= 11 is 1.69. The summed E-state index contributed by atoms with van der Waals surface area (Å²) in [6.45, 7) is 18.0. The fourth-order valence-electron chi connectivity index (χ4n) is 4.18. The van der Waals surface area contributed by atoms with Crippen molar-refractivity contribution >= 4 is 17.4 Å². The Hall–Kier alpha value is -2.45. The number of hydrogen-bond acceptors (Lipinski definition) is 2.